The Morgan fingerprint density at radius 2 is 1.64 bits per heavy atom. The van der Waals surface area contributed by atoms with E-state index < -0.39 is 5.78 Å². The molecule has 2 rings (SSSR count). The number of hydrogen-bond donors (Lipinski definition) is 3. The van der Waals surface area contributed by atoms with Crippen molar-refractivity contribution in [1.29, 1.82) is 0 Å². The van der Waals surface area contributed by atoms with Gasteiger partial charge in [-0.3, -0.25) is 4.79 Å². The van der Waals surface area contributed by atoms with E-state index in [1.807, 2.05) is 18.7 Å². The average Bonchev–Trinajstić information content (AvgIpc) is 2.48. The normalized spacial score (nSPS) is 10.5. The molecule has 0 atom stereocenters. The number of hydrogen-bond acceptors (Lipinski definition) is 5. The number of rotatable bonds is 5. The van der Waals surface area contributed by atoms with Crippen molar-refractivity contribution in [2.75, 3.05) is 18.0 Å². The Kier molecular flexibility index (Phi) is 4.56. The Morgan fingerprint density at radius 1 is 1.00 bits per heavy atom. The lowest BCUT2D eigenvalue weighted by atomic mass is 9.98. The summed E-state index contributed by atoms with van der Waals surface area (Å²) in [5.41, 5.74) is 0.621. The number of benzene rings is 2. The van der Waals surface area contributed by atoms with Crippen LogP contribution in [-0.2, 0) is 0 Å². The van der Waals surface area contributed by atoms with Crippen molar-refractivity contribution in [2.45, 2.75) is 13.8 Å². The van der Waals surface area contributed by atoms with Crippen LogP contribution in [0.1, 0.15) is 29.8 Å². The third-order valence-electron chi connectivity index (χ3n) is 3.56. The summed E-state index contributed by atoms with van der Waals surface area (Å²) in [5, 5.41) is 29.7. The summed E-state index contributed by atoms with van der Waals surface area (Å²) in [6.45, 7) is 5.05. The number of carbonyl (C=O) groups excluding carboxylic acids is 1. The molecule has 116 valence electrons. The quantitative estimate of drug-likeness (QED) is 0.740. The molecule has 0 amide bonds. The van der Waals surface area contributed by atoms with Gasteiger partial charge in [0.25, 0.3) is 0 Å². The second kappa shape index (κ2) is 6.39. The predicted octanol–water partition coefficient (Wildman–Crippen LogP) is 2.88. The zero-order valence-electron chi connectivity index (χ0n) is 12.6. The highest BCUT2D eigenvalue weighted by molar-refractivity contribution is 6.15. The van der Waals surface area contributed by atoms with Crippen molar-refractivity contribution < 1.29 is 20.1 Å². The predicted molar refractivity (Wildman–Crippen MR) is 84.9 cm³/mol. The van der Waals surface area contributed by atoms with Crippen LogP contribution in [0, 0.1) is 0 Å². The third kappa shape index (κ3) is 2.83. The monoisotopic (exact) mass is 301 g/mol. The molecular formula is C17H19NO4. The molecule has 3 N–H and O–H groups in total. The van der Waals surface area contributed by atoms with Crippen molar-refractivity contribution in [3.63, 3.8) is 0 Å². The molecule has 0 unspecified atom stereocenters. The first kappa shape index (κ1) is 15.7. The molecular weight excluding hydrogens is 282 g/mol. The summed E-state index contributed by atoms with van der Waals surface area (Å²) >= 11 is 0. The number of anilines is 1. The van der Waals surface area contributed by atoms with Gasteiger partial charge in [-0.05, 0) is 26.0 Å². The van der Waals surface area contributed by atoms with Gasteiger partial charge in [0.1, 0.15) is 17.2 Å². The van der Waals surface area contributed by atoms with Gasteiger partial charge in [0, 0.05) is 25.2 Å². The van der Waals surface area contributed by atoms with Crippen LogP contribution in [0.2, 0.25) is 0 Å². The first-order chi connectivity index (χ1) is 10.5. The first-order valence-electron chi connectivity index (χ1n) is 7.13. The zero-order valence-corrected chi connectivity index (χ0v) is 12.6. The fourth-order valence-electron chi connectivity index (χ4n) is 2.44. The molecule has 0 aliphatic carbocycles. The molecule has 0 saturated carbocycles. The van der Waals surface area contributed by atoms with E-state index in [0.29, 0.717) is 18.8 Å². The van der Waals surface area contributed by atoms with Crippen LogP contribution in [0.25, 0.3) is 0 Å². The molecule has 0 heterocycles. The van der Waals surface area contributed by atoms with E-state index in [9.17, 15) is 20.1 Å². The summed E-state index contributed by atoms with van der Waals surface area (Å²) in [7, 11) is 0. The second-order valence-electron chi connectivity index (χ2n) is 4.88. The highest BCUT2D eigenvalue weighted by Gasteiger charge is 2.23. The number of aromatic hydroxyl groups is 3. The molecule has 5 nitrogen and oxygen atoms in total. The Balaban J connectivity index is 2.64. The number of para-hydroxylation sites is 1. The number of ketones is 1. The smallest absolute Gasteiger partial charge is 0.202 e. The van der Waals surface area contributed by atoms with Crippen LogP contribution in [0.3, 0.4) is 0 Å². The zero-order chi connectivity index (χ0) is 16.3. The van der Waals surface area contributed by atoms with Crippen molar-refractivity contribution in [3.8, 4) is 17.2 Å². The minimum atomic E-state index is -0.488. The molecule has 0 fully saturated rings. The maximum absolute atomic E-state index is 12.7. The van der Waals surface area contributed by atoms with Gasteiger partial charge >= 0.3 is 0 Å². The maximum atomic E-state index is 12.7. The van der Waals surface area contributed by atoms with Crippen LogP contribution in [-0.4, -0.2) is 34.2 Å². The van der Waals surface area contributed by atoms with Crippen molar-refractivity contribution >= 4 is 11.5 Å². The molecule has 0 aromatic heterocycles. The van der Waals surface area contributed by atoms with Crippen LogP contribution in [0.4, 0.5) is 5.69 Å². The Morgan fingerprint density at radius 3 is 2.23 bits per heavy atom. The van der Waals surface area contributed by atoms with Crippen LogP contribution in [0.5, 0.6) is 17.2 Å². The van der Waals surface area contributed by atoms with E-state index in [2.05, 4.69) is 0 Å². The largest absolute Gasteiger partial charge is 0.508 e. The minimum absolute atomic E-state index is 0.0722. The Labute approximate surface area is 129 Å². The second-order valence-corrected chi connectivity index (χ2v) is 4.88. The lowest BCUT2D eigenvalue weighted by Crippen LogP contribution is -2.24. The lowest BCUT2D eigenvalue weighted by Gasteiger charge is -2.24. The van der Waals surface area contributed by atoms with Gasteiger partial charge in [-0.25, -0.2) is 0 Å². The van der Waals surface area contributed by atoms with Gasteiger partial charge in [0.05, 0.1) is 16.8 Å². The van der Waals surface area contributed by atoms with Crippen molar-refractivity contribution in [1.82, 2.24) is 0 Å². The molecule has 22 heavy (non-hydrogen) atoms. The van der Waals surface area contributed by atoms with Crippen molar-refractivity contribution in [3.05, 3.63) is 47.5 Å². The van der Waals surface area contributed by atoms with Gasteiger partial charge in [0.15, 0.2) is 0 Å². The fraction of sp³-hybridized carbons (Fsp3) is 0.235. The molecule has 5 heteroatoms. The van der Waals surface area contributed by atoms with Crippen LogP contribution >= 0.6 is 0 Å². The molecule has 2 aromatic carbocycles. The number of carbonyl (C=O) groups is 1. The summed E-state index contributed by atoms with van der Waals surface area (Å²) in [6, 6.07) is 8.74. The molecule has 0 spiro atoms. The van der Waals surface area contributed by atoms with Crippen LogP contribution in [0.15, 0.2) is 36.4 Å². The average molecular weight is 301 g/mol. The van der Waals surface area contributed by atoms with Gasteiger partial charge in [-0.15, -0.1) is 0 Å². The van der Waals surface area contributed by atoms with Gasteiger partial charge in [0.2, 0.25) is 5.78 Å². The number of phenolic OH excluding ortho intramolecular Hbond substituents is 3. The van der Waals surface area contributed by atoms with Gasteiger partial charge < -0.3 is 20.2 Å². The van der Waals surface area contributed by atoms with E-state index in [4.69, 9.17) is 0 Å². The summed E-state index contributed by atoms with van der Waals surface area (Å²) in [6.07, 6.45) is 0. The highest BCUT2D eigenvalue weighted by atomic mass is 16.3. The molecule has 2 aromatic rings. The highest BCUT2D eigenvalue weighted by Crippen LogP contribution is 2.36. The Hall–Kier alpha value is -2.69. The standard InChI is InChI=1S/C17H19NO4/c1-3-18(4-2)13-9-11(19)10-15(21)16(13)17(22)12-7-5-6-8-14(12)20/h5-10,19-21H,3-4H2,1-2H3. The molecule has 0 radical (unpaired) electrons. The SMILES string of the molecule is CCN(CC)c1cc(O)cc(O)c1C(=O)c1ccccc1O. The molecule has 0 aliphatic heterocycles. The van der Waals surface area contributed by atoms with Crippen molar-refractivity contribution in [2.24, 2.45) is 0 Å². The van der Waals surface area contributed by atoms with E-state index >= 15 is 0 Å². The minimum Gasteiger partial charge on any atom is -0.508 e. The topological polar surface area (TPSA) is 81.0 Å². The van der Waals surface area contributed by atoms with E-state index in [1.165, 1.54) is 18.2 Å². The molecule has 0 saturated heterocycles. The number of nitrogens with zero attached hydrogens (tertiary/aromatic N) is 1. The van der Waals surface area contributed by atoms with E-state index in [0.717, 1.165) is 6.07 Å². The van der Waals surface area contributed by atoms with E-state index in [-0.39, 0.29) is 28.4 Å². The Bertz CT molecular complexity index is 693. The summed E-state index contributed by atoms with van der Waals surface area (Å²) < 4.78 is 0. The number of phenols is 3. The molecule has 0 bridgehead atoms. The summed E-state index contributed by atoms with van der Waals surface area (Å²) in [4.78, 5) is 14.6. The third-order valence-corrected chi connectivity index (χ3v) is 3.56. The van der Waals surface area contributed by atoms with Gasteiger partial charge in [-0.1, -0.05) is 12.1 Å². The molecule has 0 aliphatic rings. The fourth-order valence-corrected chi connectivity index (χ4v) is 2.44. The van der Waals surface area contributed by atoms with E-state index in [1.54, 1.807) is 12.1 Å². The lowest BCUT2D eigenvalue weighted by molar-refractivity contribution is 0.103. The van der Waals surface area contributed by atoms with Crippen LogP contribution < -0.4 is 4.90 Å². The summed E-state index contributed by atoms with van der Waals surface area (Å²) in [5.74, 6) is -1.06. The van der Waals surface area contributed by atoms with Gasteiger partial charge in [-0.2, -0.15) is 0 Å². The first-order valence-corrected chi connectivity index (χ1v) is 7.13. The maximum Gasteiger partial charge on any atom is 0.202 e.